The zero-order valence-corrected chi connectivity index (χ0v) is 28.7. The van der Waals surface area contributed by atoms with Gasteiger partial charge in [0.25, 0.3) is 0 Å². The van der Waals surface area contributed by atoms with E-state index in [1.807, 2.05) is 41.5 Å². The standard InChI is InChI=1S/2C14H12.C5H12O3.3C2H6.C2H4/c2*1-2-6-12-10-14-8-4-3-7-13(14)9-11(12)5-1;1-7-3-5(6)4-8-2;4*1-2/h2*1-6,9-10H,7-8H2;5-6H,3-4H2,1-2H3;3*1-2H3;1-2H2. The van der Waals surface area contributed by atoms with E-state index in [2.05, 4.69) is 120 Å². The maximum absolute atomic E-state index is 8.80. The molecule has 0 unspecified atom stereocenters. The van der Waals surface area contributed by atoms with Gasteiger partial charge in [0.1, 0.15) is 6.10 Å². The van der Waals surface area contributed by atoms with E-state index in [-0.39, 0.29) is 0 Å². The first-order valence-corrected chi connectivity index (χ1v) is 16.1. The first kappa shape index (κ1) is 40.5. The highest BCUT2D eigenvalue weighted by Gasteiger charge is 2.06. The summed E-state index contributed by atoms with van der Waals surface area (Å²) in [5.41, 5.74) is 5.97. The van der Waals surface area contributed by atoms with E-state index in [4.69, 9.17) is 5.11 Å². The van der Waals surface area contributed by atoms with Crippen LogP contribution in [0.4, 0.5) is 0 Å². The summed E-state index contributed by atoms with van der Waals surface area (Å²) in [6, 6.07) is 26.5. The number of ether oxygens (including phenoxy) is 2. The predicted molar refractivity (Wildman–Crippen MR) is 196 cm³/mol. The average Bonchev–Trinajstić information content (AvgIpc) is 3.11. The number of hydrogen-bond donors (Lipinski definition) is 1. The molecule has 0 amide bonds. The molecule has 0 radical (unpaired) electrons. The molecule has 3 heteroatoms. The Labute approximate surface area is 268 Å². The molecule has 44 heavy (non-hydrogen) atoms. The zero-order chi connectivity index (χ0) is 33.2. The summed E-state index contributed by atoms with van der Waals surface area (Å²) in [5.74, 6) is 0. The predicted octanol–water partition coefficient (Wildman–Crippen LogP) is 10.5. The van der Waals surface area contributed by atoms with Crippen LogP contribution < -0.4 is 0 Å². The minimum Gasteiger partial charge on any atom is -0.388 e. The van der Waals surface area contributed by atoms with Gasteiger partial charge in [0.15, 0.2) is 0 Å². The van der Waals surface area contributed by atoms with Crippen LogP contribution in [0, 0.1) is 0 Å². The number of aliphatic hydroxyl groups excluding tert-OH is 1. The van der Waals surface area contributed by atoms with Crippen LogP contribution in [0.25, 0.3) is 21.5 Å². The molecule has 3 nitrogen and oxygen atoms in total. The highest BCUT2D eigenvalue weighted by molar-refractivity contribution is 5.85. The molecule has 0 aliphatic heterocycles. The molecule has 0 saturated carbocycles. The SMILES string of the molecule is C1=CCc2cc3ccccc3cc2C1.C1=CCc2cc3ccccc3cc2C1.C=C.CC.CC.CC.COCC(O)COC. The third-order valence-corrected chi connectivity index (χ3v) is 6.54. The minimum absolute atomic E-state index is 0.341. The van der Waals surface area contributed by atoms with Crippen molar-refractivity contribution in [2.24, 2.45) is 0 Å². The Morgan fingerprint density at radius 2 is 0.750 bits per heavy atom. The lowest BCUT2D eigenvalue weighted by molar-refractivity contribution is 0.00980. The Hall–Kier alpha value is -3.50. The smallest absolute Gasteiger partial charge is 0.101 e. The summed E-state index contributed by atoms with van der Waals surface area (Å²) in [4.78, 5) is 0. The molecule has 0 bridgehead atoms. The molecule has 2 aliphatic carbocycles. The molecule has 240 valence electrons. The number of benzene rings is 4. The van der Waals surface area contributed by atoms with E-state index in [0.717, 1.165) is 25.7 Å². The summed E-state index contributed by atoms with van der Waals surface area (Å²) in [6.07, 6.45) is 13.0. The van der Waals surface area contributed by atoms with Crippen molar-refractivity contribution in [1.29, 1.82) is 0 Å². The van der Waals surface area contributed by atoms with E-state index >= 15 is 0 Å². The van der Waals surface area contributed by atoms with Gasteiger partial charge in [-0.05, 0) is 69.5 Å². The molecule has 4 aromatic rings. The van der Waals surface area contributed by atoms with Crippen molar-refractivity contribution >= 4 is 21.5 Å². The second-order valence-corrected chi connectivity index (χ2v) is 9.26. The summed E-state index contributed by atoms with van der Waals surface area (Å²) in [5, 5.41) is 14.2. The van der Waals surface area contributed by atoms with Crippen molar-refractivity contribution in [2.45, 2.75) is 73.3 Å². The third-order valence-electron chi connectivity index (χ3n) is 6.54. The number of fused-ring (bicyclic) bond motifs is 4. The lowest BCUT2D eigenvalue weighted by atomic mass is 9.93. The van der Waals surface area contributed by atoms with Crippen LogP contribution in [0.3, 0.4) is 0 Å². The molecule has 0 atom stereocenters. The van der Waals surface area contributed by atoms with E-state index in [1.165, 1.54) is 43.8 Å². The third kappa shape index (κ3) is 13.9. The fourth-order valence-corrected chi connectivity index (χ4v) is 4.70. The lowest BCUT2D eigenvalue weighted by Gasteiger charge is -2.12. The molecule has 0 spiro atoms. The minimum atomic E-state index is -0.481. The fourth-order valence-electron chi connectivity index (χ4n) is 4.70. The normalized spacial score (nSPS) is 11.5. The van der Waals surface area contributed by atoms with Gasteiger partial charge in [-0.2, -0.15) is 0 Å². The molecular weight excluding hydrogens is 540 g/mol. The molecule has 0 fully saturated rings. The van der Waals surface area contributed by atoms with Crippen LogP contribution in [-0.2, 0) is 35.2 Å². The van der Waals surface area contributed by atoms with E-state index in [0.29, 0.717) is 13.2 Å². The van der Waals surface area contributed by atoms with Crippen molar-refractivity contribution in [2.75, 3.05) is 27.4 Å². The van der Waals surface area contributed by atoms with Gasteiger partial charge in [-0.15, -0.1) is 13.2 Å². The van der Waals surface area contributed by atoms with E-state index in [9.17, 15) is 0 Å². The van der Waals surface area contributed by atoms with Gasteiger partial charge in [0.2, 0.25) is 0 Å². The molecule has 4 aromatic carbocycles. The van der Waals surface area contributed by atoms with Crippen LogP contribution in [0.15, 0.2) is 110 Å². The first-order valence-electron chi connectivity index (χ1n) is 16.1. The maximum Gasteiger partial charge on any atom is 0.101 e. The summed E-state index contributed by atoms with van der Waals surface area (Å²) < 4.78 is 9.25. The second kappa shape index (κ2) is 25.9. The van der Waals surface area contributed by atoms with E-state index < -0.39 is 6.10 Å². The van der Waals surface area contributed by atoms with Crippen LogP contribution in [0.2, 0.25) is 0 Å². The summed E-state index contributed by atoms with van der Waals surface area (Å²) in [7, 11) is 3.08. The fraction of sp³-hybridized carbons (Fsp3) is 0.366. The van der Waals surface area contributed by atoms with Crippen LogP contribution in [0.5, 0.6) is 0 Å². The Balaban J connectivity index is 0.000000583. The lowest BCUT2D eigenvalue weighted by Crippen LogP contribution is -2.19. The molecule has 0 heterocycles. The Morgan fingerprint density at radius 1 is 0.523 bits per heavy atom. The van der Waals surface area contributed by atoms with Gasteiger partial charge in [0.05, 0.1) is 13.2 Å². The topological polar surface area (TPSA) is 38.7 Å². The van der Waals surface area contributed by atoms with Gasteiger partial charge < -0.3 is 14.6 Å². The second-order valence-electron chi connectivity index (χ2n) is 9.26. The number of hydrogen-bond acceptors (Lipinski definition) is 3. The molecule has 0 saturated heterocycles. The van der Waals surface area contributed by atoms with E-state index in [1.54, 1.807) is 14.2 Å². The quantitative estimate of drug-likeness (QED) is 0.238. The molecule has 0 aromatic heterocycles. The molecule has 6 rings (SSSR count). The van der Waals surface area contributed by atoms with Crippen molar-refractivity contribution < 1.29 is 14.6 Å². The highest BCUT2D eigenvalue weighted by atomic mass is 16.5. The largest absolute Gasteiger partial charge is 0.388 e. The van der Waals surface area contributed by atoms with Gasteiger partial charge in [-0.1, -0.05) is 139 Å². The van der Waals surface area contributed by atoms with Crippen molar-refractivity contribution in [3.63, 3.8) is 0 Å². The number of rotatable bonds is 4. The Bertz CT molecular complexity index is 1160. The molecule has 1 N–H and O–H groups in total. The van der Waals surface area contributed by atoms with Crippen LogP contribution >= 0.6 is 0 Å². The molecule has 2 aliphatic rings. The molecular formula is C41H58O3. The van der Waals surface area contributed by atoms with Gasteiger partial charge in [-0.3, -0.25) is 0 Å². The number of methoxy groups -OCH3 is 2. The number of allylic oxidation sites excluding steroid dienone is 4. The summed E-state index contributed by atoms with van der Waals surface area (Å²) >= 11 is 0. The van der Waals surface area contributed by atoms with Gasteiger partial charge >= 0.3 is 0 Å². The van der Waals surface area contributed by atoms with Crippen LogP contribution in [-0.4, -0.2) is 38.6 Å². The van der Waals surface area contributed by atoms with Crippen LogP contribution in [0.1, 0.15) is 63.8 Å². The Kier molecular flexibility index (Phi) is 23.9. The van der Waals surface area contributed by atoms with Gasteiger partial charge in [-0.25, -0.2) is 0 Å². The Morgan fingerprint density at radius 3 is 0.955 bits per heavy atom. The summed E-state index contributed by atoms with van der Waals surface area (Å²) in [6.45, 7) is 18.7. The van der Waals surface area contributed by atoms with Crippen molar-refractivity contribution in [3.8, 4) is 0 Å². The van der Waals surface area contributed by atoms with Gasteiger partial charge in [0, 0.05) is 14.2 Å². The number of aliphatic hydroxyl groups is 1. The average molecular weight is 599 g/mol. The highest BCUT2D eigenvalue weighted by Crippen LogP contribution is 2.24. The zero-order valence-electron chi connectivity index (χ0n) is 28.7. The first-order chi connectivity index (χ1) is 21.7. The van der Waals surface area contributed by atoms with Crippen molar-refractivity contribution in [3.05, 3.63) is 133 Å². The monoisotopic (exact) mass is 598 g/mol. The maximum atomic E-state index is 8.80. The van der Waals surface area contributed by atoms with Crippen molar-refractivity contribution in [1.82, 2.24) is 0 Å².